The van der Waals surface area contributed by atoms with Gasteiger partial charge in [0.2, 0.25) is 5.91 Å². The van der Waals surface area contributed by atoms with Gasteiger partial charge in [-0.05, 0) is 49.2 Å². The highest BCUT2D eigenvalue weighted by Crippen LogP contribution is 2.16. The van der Waals surface area contributed by atoms with Gasteiger partial charge in [-0.3, -0.25) is 19.0 Å². The van der Waals surface area contributed by atoms with E-state index in [1.54, 1.807) is 24.3 Å². The van der Waals surface area contributed by atoms with Gasteiger partial charge in [0.15, 0.2) is 4.77 Å². The fraction of sp³-hybridized carbons (Fsp3) is 0.455. The van der Waals surface area contributed by atoms with Crippen LogP contribution in [-0.2, 0) is 11.3 Å². The van der Waals surface area contributed by atoms with Crippen molar-refractivity contribution in [1.82, 2.24) is 19.8 Å². The van der Waals surface area contributed by atoms with Gasteiger partial charge in [0, 0.05) is 37.7 Å². The lowest BCUT2D eigenvalue weighted by atomic mass is 10.0. The van der Waals surface area contributed by atoms with E-state index in [9.17, 15) is 14.4 Å². The number of rotatable bonds is 6. The molecule has 0 atom stereocenters. The molecule has 2 aromatic rings. The number of piperidine rings is 1. The highest BCUT2D eigenvalue weighted by Gasteiger charge is 2.24. The Bertz CT molecular complexity index is 1080. The number of aromatic nitrogens is 2. The predicted octanol–water partition coefficient (Wildman–Crippen LogP) is 3.01. The number of carbonyl (C=O) groups excluding carboxylic acids is 2. The Balaban J connectivity index is 1.68. The van der Waals surface area contributed by atoms with E-state index >= 15 is 0 Å². The molecule has 160 valence electrons. The number of allylic oxidation sites excluding steroid dienone is 1. The van der Waals surface area contributed by atoms with Crippen LogP contribution >= 0.6 is 12.2 Å². The van der Waals surface area contributed by atoms with E-state index < -0.39 is 0 Å². The molecular weight excluding hydrogens is 400 g/mol. The topological polar surface area (TPSA) is 87.2 Å². The highest BCUT2D eigenvalue weighted by atomic mass is 32.1. The van der Waals surface area contributed by atoms with Crippen molar-refractivity contribution in [3.8, 4) is 0 Å². The van der Waals surface area contributed by atoms with Crippen molar-refractivity contribution in [2.45, 2.75) is 45.7 Å². The van der Waals surface area contributed by atoms with Crippen molar-refractivity contribution >= 4 is 34.9 Å². The molecule has 0 bridgehead atoms. The van der Waals surface area contributed by atoms with E-state index in [1.165, 1.54) is 4.57 Å². The highest BCUT2D eigenvalue weighted by molar-refractivity contribution is 7.71. The third-order valence-corrected chi connectivity index (χ3v) is 5.64. The molecule has 8 heteroatoms. The first-order valence-corrected chi connectivity index (χ1v) is 10.7. The number of carbonyl (C=O) groups is 2. The smallest absolute Gasteiger partial charge is 0.262 e. The Labute approximate surface area is 180 Å². The van der Waals surface area contributed by atoms with E-state index in [-0.39, 0.29) is 23.4 Å². The second-order valence-corrected chi connectivity index (χ2v) is 8.51. The maximum atomic E-state index is 12.7. The summed E-state index contributed by atoms with van der Waals surface area (Å²) >= 11 is 5.26. The van der Waals surface area contributed by atoms with Gasteiger partial charge in [-0.15, -0.1) is 6.58 Å². The summed E-state index contributed by atoms with van der Waals surface area (Å²) in [4.78, 5) is 42.4. The second-order valence-electron chi connectivity index (χ2n) is 8.12. The van der Waals surface area contributed by atoms with Crippen LogP contribution in [0.5, 0.6) is 0 Å². The Morgan fingerprint density at radius 3 is 2.67 bits per heavy atom. The molecule has 1 aromatic carbocycles. The Morgan fingerprint density at radius 1 is 1.33 bits per heavy atom. The normalized spacial score (nSPS) is 14.8. The molecule has 1 aromatic heterocycles. The predicted molar refractivity (Wildman–Crippen MR) is 120 cm³/mol. The quantitative estimate of drug-likeness (QED) is 0.547. The average Bonchev–Trinajstić information content (AvgIpc) is 2.70. The minimum absolute atomic E-state index is 0.0235. The van der Waals surface area contributed by atoms with Crippen molar-refractivity contribution in [3.05, 3.63) is 51.5 Å². The monoisotopic (exact) mass is 428 g/mol. The Hall–Kier alpha value is -2.74. The fourth-order valence-corrected chi connectivity index (χ4v) is 3.98. The molecule has 0 radical (unpaired) electrons. The number of hydrogen-bond acceptors (Lipinski definition) is 4. The zero-order chi connectivity index (χ0) is 21.8. The van der Waals surface area contributed by atoms with Gasteiger partial charge in [0.25, 0.3) is 11.5 Å². The summed E-state index contributed by atoms with van der Waals surface area (Å²) in [6.07, 6.45) is 3.64. The average molecular weight is 429 g/mol. The molecule has 7 nitrogen and oxygen atoms in total. The molecule has 0 saturated carbocycles. The summed E-state index contributed by atoms with van der Waals surface area (Å²) in [5, 5.41) is 3.52. The van der Waals surface area contributed by atoms with Crippen LogP contribution in [0, 0.1) is 10.7 Å². The number of aromatic amines is 1. The van der Waals surface area contributed by atoms with Gasteiger partial charge < -0.3 is 15.2 Å². The molecule has 0 unspecified atom stereocenters. The van der Waals surface area contributed by atoms with Gasteiger partial charge in [-0.25, -0.2) is 0 Å². The number of hydrogen-bond donors (Lipinski definition) is 2. The molecule has 0 aliphatic carbocycles. The van der Waals surface area contributed by atoms with Crippen LogP contribution in [0.4, 0.5) is 0 Å². The van der Waals surface area contributed by atoms with Crippen LogP contribution in [0.2, 0.25) is 0 Å². The fourth-order valence-electron chi connectivity index (χ4n) is 3.71. The lowest BCUT2D eigenvalue weighted by Crippen LogP contribution is -2.46. The molecular formula is C22H28N4O3S. The molecule has 3 rings (SSSR count). The third kappa shape index (κ3) is 4.87. The van der Waals surface area contributed by atoms with E-state index in [1.807, 2.05) is 18.7 Å². The summed E-state index contributed by atoms with van der Waals surface area (Å²) in [5.41, 5.74) is 0.790. The molecule has 1 fully saturated rings. The molecule has 1 saturated heterocycles. The van der Waals surface area contributed by atoms with Gasteiger partial charge in [-0.1, -0.05) is 19.9 Å². The molecule has 1 aliphatic heterocycles. The lowest BCUT2D eigenvalue weighted by Gasteiger charge is -2.32. The van der Waals surface area contributed by atoms with Gasteiger partial charge in [0.05, 0.1) is 10.9 Å². The SMILES string of the molecule is C=CCn1c(=S)[nH]c2cc(C(=O)NC3CCN(C(=O)CC(C)C)CC3)ccc2c1=O. The van der Waals surface area contributed by atoms with Gasteiger partial charge in [0.1, 0.15) is 0 Å². The van der Waals surface area contributed by atoms with Crippen molar-refractivity contribution in [2.75, 3.05) is 13.1 Å². The van der Waals surface area contributed by atoms with Gasteiger partial charge >= 0.3 is 0 Å². The van der Waals surface area contributed by atoms with E-state index in [4.69, 9.17) is 12.2 Å². The van der Waals surface area contributed by atoms with Crippen LogP contribution in [0.15, 0.2) is 35.6 Å². The largest absolute Gasteiger partial charge is 0.349 e. The third-order valence-electron chi connectivity index (χ3n) is 5.32. The molecule has 2 heterocycles. The van der Waals surface area contributed by atoms with Crippen molar-refractivity contribution in [3.63, 3.8) is 0 Å². The summed E-state index contributed by atoms with van der Waals surface area (Å²) in [6.45, 7) is 9.36. The maximum absolute atomic E-state index is 12.7. The maximum Gasteiger partial charge on any atom is 0.262 e. The van der Waals surface area contributed by atoms with E-state index in [0.29, 0.717) is 53.2 Å². The van der Waals surface area contributed by atoms with Crippen LogP contribution in [-0.4, -0.2) is 45.4 Å². The van der Waals surface area contributed by atoms with Crippen LogP contribution in [0.25, 0.3) is 10.9 Å². The van der Waals surface area contributed by atoms with Crippen LogP contribution in [0.1, 0.15) is 43.5 Å². The molecule has 0 spiro atoms. The summed E-state index contributed by atoms with van der Waals surface area (Å²) in [7, 11) is 0. The summed E-state index contributed by atoms with van der Waals surface area (Å²) in [6, 6.07) is 4.97. The Kier molecular flexibility index (Phi) is 6.87. The van der Waals surface area contributed by atoms with Gasteiger partial charge in [-0.2, -0.15) is 0 Å². The van der Waals surface area contributed by atoms with Crippen molar-refractivity contribution < 1.29 is 9.59 Å². The number of nitrogens with zero attached hydrogens (tertiary/aromatic N) is 2. The first kappa shape index (κ1) is 22.0. The number of benzene rings is 1. The van der Waals surface area contributed by atoms with Crippen LogP contribution in [0.3, 0.4) is 0 Å². The summed E-state index contributed by atoms with van der Waals surface area (Å²) < 4.78 is 1.72. The minimum atomic E-state index is -0.209. The Morgan fingerprint density at radius 2 is 2.03 bits per heavy atom. The molecule has 2 amide bonds. The standard InChI is InChI=1S/C22H28N4O3S/c1-4-9-26-21(29)17-6-5-15(13-18(17)24-22(26)30)20(28)23-16-7-10-25(11-8-16)19(27)12-14(2)3/h4-6,13-14,16H,1,7-12H2,2-3H3,(H,23,28)(H,24,30). The summed E-state index contributed by atoms with van der Waals surface area (Å²) in [5.74, 6) is 0.330. The number of fused-ring (bicyclic) bond motifs is 1. The van der Waals surface area contributed by atoms with Crippen LogP contribution < -0.4 is 10.9 Å². The second kappa shape index (κ2) is 9.38. The van der Waals surface area contributed by atoms with E-state index in [2.05, 4.69) is 16.9 Å². The van der Waals surface area contributed by atoms with E-state index in [0.717, 1.165) is 12.8 Å². The number of nitrogens with one attached hydrogen (secondary N) is 2. The number of H-pyrrole nitrogens is 1. The first-order chi connectivity index (χ1) is 14.3. The minimum Gasteiger partial charge on any atom is -0.349 e. The lowest BCUT2D eigenvalue weighted by molar-refractivity contribution is -0.133. The molecule has 1 aliphatic rings. The molecule has 30 heavy (non-hydrogen) atoms. The first-order valence-electron chi connectivity index (χ1n) is 10.3. The molecule has 2 N–H and O–H groups in total. The van der Waals surface area contributed by atoms with Crippen molar-refractivity contribution in [1.29, 1.82) is 0 Å². The number of amides is 2. The number of likely N-dealkylation sites (tertiary alicyclic amines) is 1. The van der Waals surface area contributed by atoms with Crippen molar-refractivity contribution in [2.24, 2.45) is 5.92 Å². The zero-order valence-electron chi connectivity index (χ0n) is 17.4. The zero-order valence-corrected chi connectivity index (χ0v) is 18.3.